The number of aliphatic hydroxyl groups is 2. The standard InChI is InChI=1S/C10H20O.C2H6O2/c1-10(2,3)8-11-9-6-4-5-7-9;3-1-2-4/h9H,4-8H2,1-3H3;3-4H,1-2H2. The highest BCUT2D eigenvalue weighted by Crippen LogP contribution is 2.23. The summed E-state index contributed by atoms with van der Waals surface area (Å²) in [5.41, 5.74) is 0.336. The fraction of sp³-hybridized carbons (Fsp3) is 1.00. The van der Waals surface area contributed by atoms with Gasteiger partial charge in [-0.3, -0.25) is 0 Å². The average molecular weight is 218 g/mol. The van der Waals surface area contributed by atoms with Crippen LogP contribution in [0, 0.1) is 5.41 Å². The van der Waals surface area contributed by atoms with Crippen LogP contribution in [0.2, 0.25) is 0 Å². The molecule has 1 fully saturated rings. The average Bonchev–Trinajstić information content (AvgIpc) is 2.66. The van der Waals surface area contributed by atoms with Gasteiger partial charge < -0.3 is 14.9 Å². The summed E-state index contributed by atoms with van der Waals surface area (Å²) in [6, 6.07) is 0. The van der Waals surface area contributed by atoms with Crippen molar-refractivity contribution in [2.45, 2.75) is 52.6 Å². The van der Waals surface area contributed by atoms with Crippen LogP contribution in [0.1, 0.15) is 46.5 Å². The van der Waals surface area contributed by atoms with Crippen LogP contribution in [-0.4, -0.2) is 36.1 Å². The second kappa shape index (κ2) is 8.08. The third kappa shape index (κ3) is 10.2. The van der Waals surface area contributed by atoms with E-state index in [-0.39, 0.29) is 13.2 Å². The molecule has 0 heterocycles. The van der Waals surface area contributed by atoms with Crippen molar-refractivity contribution in [3.05, 3.63) is 0 Å². The summed E-state index contributed by atoms with van der Waals surface area (Å²) in [4.78, 5) is 0. The molecular formula is C12H26O3. The number of hydrogen-bond donors (Lipinski definition) is 2. The Kier molecular flexibility index (Phi) is 8.02. The van der Waals surface area contributed by atoms with Gasteiger partial charge in [-0.2, -0.15) is 0 Å². The van der Waals surface area contributed by atoms with Crippen LogP contribution >= 0.6 is 0 Å². The lowest BCUT2D eigenvalue weighted by atomic mass is 9.98. The first-order chi connectivity index (χ1) is 6.99. The summed E-state index contributed by atoms with van der Waals surface area (Å²) in [6.45, 7) is 7.34. The second-order valence-corrected chi connectivity index (χ2v) is 5.23. The van der Waals surface area contributed by atoms with E-state index >= 15 is 0 Å². The maximum absolute atomic E-state index is 7.62. The normalized spacial score (nSPS) is 17.4. The minimum atomic E-state index is -0.125. The molecule has 1 rings (SSSR count). The molecule has 2 N–H and O–H groups in total. The molecule has 3 nitrogen and oxygen atoms in total. The number of hydrogen-bond acceptors (Lipinski definition) is 3. The van der Waals surface area contributed by atoms with E-state index in [2.05, 4.69) is 20.8 Å². The first-order valence-corrected chi connectivity index (χ1v) is 5.83. The molecule has 0 atom stereocenters. The fourth-order valence-corrected chi connectivity index (χ4v) is 1.42. The number of ether oxygens (including phenoxy) is 1. The van der Waals surface area contributed by atoms with Gasteiger partial charge in [0.05, 0.1) is 25.9 Å². The van der Waals surface area contributed by atoms with Crippen molar-refractivity contribution in [3.8, 4) is 0 Å². The highest BCUT2D eigenvalue weighted by Gasteiger charge is 2.18. The number of rotatable bonds is 3. The van der Waals surface area contributed by atoms with E-state index in [0.717, 1.165) is 6.61 Å². The largest absolute Gasteiger partial charge is 0.394 e. The van der Waals surface area contributed by atoms with Crippen LogP contribution in [-0.2, 0) is 4.74 Å². The molecule has 0 aliphatic heterocycles. The predicted octanol–water partition coefficient (Wildman–Crippen LogP) is 1.96. The van der Waals surface area contributed by atoms with Gasteiger partial charge in [0.1, 0.15) is 0 Å². The second-order valence-electron chi connectivity index (χ2n) is 5.23. The summed E-state index contributed by atoms with van der Waals surface area (Å²) in [6.07, 6.45) is 5.89. The van der Waals surface area contributed by atoms with Crippen LogP contribution in [0.25, 0.3) is 0 Å². The molecule has 1 saturated carbocycles. The summed E-state index contributed by atoms with van der Waals surface area (Å²) < 4.78 is 5.77. The molecule has 0 saturated heterocycles. The zero-order valence-electron chi connectivity index (χ0n) is 10.3. The Morgan fingerprint density at radius 1 is 1.07 bits per heavy atom. The summed E-state index contributed by atoms with van der Waals surface area (Å²) in [5.74, 6) is 0. The number of aliphatic hydroxyl groups excluding tert-OH is 2. The van der Waals surface area contributed by atoms with E-state index in [1.54, 1.807) is 0 Å². The van der Waals surface area contributed by atoms with Crippen molar-refractivity contribution in [2.24, 2.45) is 5.41 Å². The Morgan fingerprint density at radius 3 is 1.87 bits per heavy atom. The van der Waals surface area contributed by atoms with Crippen molar-refractivity contribution in [1.29, 1.82) is 0 Å². The lowest BCUT2D eigenvalue weighted by Gasteiger charge is -2.21. The highest BCUT2D eigenvalue weighted by molar-refractivity contribution is 4.68. The van der Waals surface area contributed by atoms with Gasteiger partial charge in [-0.1, -0.05) is 33.6 Å². The molecular weight excluding hydrogens is 192 g/mol. The van der Waals surface area contributed by atoms with E-state index < -0.39 is 0 Å². The molecule has 0 bridgehead atoms. The Balaban J connectivity index is 0.000000423. The van der Waals surface area contributed by atoms with Gasteiger partial charge in [0.15, 0.2) is 0 Å². The summed E-state index contributed by atoms with van der Waals surface area (Å²) in [5, 5.41) is 15.2. The third-order valence-electron chi connectivity index (χ3n) is 2.15. The van der Waals surface area contributed by atoms with Gasteiger partial charge in [0.2, 0.25) is 0 Å². The van der Waals surface area contributed by atoms with Crippen LogP contribution in [0.5, 0.6) is 0 Å². The van der Waals surface area contributed by atoms with E-state index in [0.29, 0.717) is 11.5 Å². The van der Waals surface area contributed by atoms with Crippen molar-refractivity contribution in [2.75, 3.05) is 19.8 Å². The lowest BCUT2D eigenvalue weighted by molar-refractivity contribution is 0.0128. The Bertz CT molecular complexity index is 132. The molecule has 15 heavy (non-hydrogen) atoms. The molecule has 1 aliphatic carbocycles. The van der Waals surface area contributed by atoms with E-state index in [1.807, 2.05) is 0 Å². The quantitative estimate of drug-likeness (QED) is 0.761. The molecule has 0 radical (unpaired) electrons. The molecule has 0 aromatic carbocycles. The van der Waals surface area contributed by atoms with Gasteiger partial charge in [0, 0.05) is 0 Å². The Hall–Kier alpha value is -0.120. The Morgan fingerprint density at radius 2 is 1.53 bits per heavy atom. The molecule has 0 spiro atoms. The van der Waals surface area contributed by atoms with Crippen molar-refractivity contribution in [3.63, 3.8) is 0 Å². The SMILES string of the molecule is CC(C)(C)COC1CCCC1.OCCO. The minimum absolute atomic E-state index is 0.125. The van der Waals surface area contributed by atoms with Gasteiger partial charge in [-0.05, 0) is 18.3 Å². The maximum atomic E-state index is 7.62. The van der Waals surface area contributed by atoms with Crippen LogP contribution in [0.15, 0.2) is 0 Å². The smallest absolute Gasteiger partial charge is 0.0662 e. The van der Waals surface area contributed by atoms with E-state index in [1.165, 1.54) is 25.7 Å². The summed E-state index contributed by atoms with van der Waals surface area (Å²) in [7, 11) is 0. The van der Waals surface area contributed by atoms with Crippen LogP contribution in [0.4, 0.5) is 0 Å². The first kappa shape index (κ1) is 14.9. The minimum Gasteiger partial charge on any atom is -0.394 e. The topological polar surface area (TPSA) is 49.7 Å². The lowest BCUT2D eigenvalue weighted by Crippen LogP contribution is -2.19. The van der Waals surface area contributed by atoms with Gasteiger partial charge >= 0.3 is 0 Å². The van der Waals surface area contributed by atoms with Crippen LogP contribution < -0.4 is 0 Å². The van der Waals surface area contributed by atoms with Gasteiger partial charge in [-0.15, -0.1) is 0 Å². The maximum Gasteiger partial charge on any atom is 0.0662 e. The molecule has 3 heteroatoms. The molecule has 0 amide bonds. The van der Waals surface area contributed by atoms with Gasteiger partial charge in [-0.25, -0.2) is 0 Å². The van der Waals surface area contributed by atoms with Crippen LogP contribution in [0.3, 0.4) is 0 Å². The first-order valence-electron chi connectivity index (χ1n) is 5.83. The fourth-order valence-electron chi connectivity index (χ4n) is 1.42. The Labute approximate surface area is 93.5 Å². The molecule has 0 unspecified atom stereocenters. The third-order valence-corrected chi connectivity index (χ3v) is 2.15. The monoisotopic (exact) mass is 218 g/mol. The van der Waals surface area contributed by atoms with Crippen molar-refractivity contribution < 1.29 is 14.9 Å². The highest BCUT2D eigenvalue weighted by atomic mass is 16.5. The molecule has 1 aliphatic rings. The van der Waals surface area contributed by atoms with E-state index in [9.17, 15) is 0 Å². The zero-order valence-corrected chi connectivity index (χ0v) is 10.3. The zero-order chi connectivity index (χ0) is 11.7. The van der Waals surface area contributed by atoms with E-state index in [4.69, 9.17) is 14.9 Å². The molecule has 0 aromatic rings. The predicted molar refractivity (Wildman–Crippen MR) is 61.8 cm³/mol. The van der Waals surface area contributed by atoms with Crippen molar-refractivity contribution in [1.82, 2.24) is 0 Å². The van der Waals surface area contributed by atoms with Crippen molar-refractivity contribution >= 4 is 0 Å². The van der Waals surface area contributed by atoms with Gasteiger partial charge in [0.25, 0.3) is 0 Å². The summed E-state index contributed by atoms with van der Waals surface area (Å²) >= 11 is 0. The molecule has 0 aromatic heterocycles. The molecule has 92 valence electrons.